The molecule has 0 radical (unpaired) electrons. The zero-order chi connectivity index (χ0) is 24.0. The normalized spacial score (nSPS) is 21.8. The zero-order valence-corrected chi connectivity index (χ0v) is 22.1. The first-order chi connectivity index (χ1) is 17.1. The van der Waals surface area contributed by atoms with E-state index in [2.05, 4.69) is 97.4 Å². The summed E-state index contributed by atoms with van der Waals surface area (Å²) in [5.74, 6) is 0. The van der Waals surface area contributed by atoms with E-state index in [1.165, 1.54) is 0 Å². The highest BCUT2D eigenvalue weighted by molar-refractivity contribution is 9.10. The molecule has 0 spiro atoms. The molecule has 0 saturated carbocycles. The van der Waals surface area contributed by atoms with Gasteiger partial charge in [-0.3, -0.25) is 5.01 Å². The second-order valence-electron chi connectivity index (χ2n) is 8.42. The van der Waals surface area contributed by atoms with Gasteiger partial charge in [-0.25, -0.2) is 0 Å². The number of nitrogens with zero attached hydrogens (tertiary/aromatic N) is 4. The van der Waals surface area contributed by atoms with Crippen LogP contribution in [0.2, 0.25) is 0 Å². The van der Waals surface area contributed by atoms with Crippen LogP contribution >= 0.6 is 31.9 Å². The van der Waals surface area contributed by atoms with Crippen molar-refractivity contribution in [1.82, 2.24) is 5.12 Å². The topological polar surface area (TPSA) is 31.3 Å². The number of hydrazone groups is 1. The van der Waals surface area contributed by atoms with Crippen molar-refractivity contribution in [3.63, 3.8) is 0 Å². The first-order valence-corrected chi connectivity index (χ1v) is 12.9. The number of hydrogen-bond acceptors (Lipinski definition) is 5. The molecule has 0 N–H and O–H groups in total. The molecule has 0 aromatic heterocycles. The van der Waals surface area contributed by atoms with Gasteiger partial charge in [-0.05, 0) is 55.5 Å². The van der Waals surface area contributed by atoms with Crippen molar-refractivity contribution in [3.8, 4) is 0 Å². The van der Waals surface area contributed by atoms with E-state index in [-0.39, 0.29) is 6.23 Å². The summed E-state index contributed by atoms with van der Waals surface area (Å²) in [5.41, 5.74) is 3.82. The van der Waals surface area contributed by atoms with Gasteiger partial charge >= 0.3 is 0 Å². The molecule has 7 heteroatoms. The van der Waals surface area contributed by atoms with Crippen LogP contribution in [0, 0.1) is 0 Å². The molecule has 6 rings (SSSR count). The lowest BCUT2D eigenvalue weighted by molar-refractivity contribution is -0.0433. The third-order valence-corrected chi connectivity index (χ3v) is 7.28. The summed E-state index contributed by atoms with van der Waals surface area (Å²) in [6.07, 6.45) is -0.261. The molecule has 174 valence electrons. The number of anilines is 2. The fourth-order valence-corrected chi connectivity index (χ4v) is 5.25. The number of hydrazine groups is 2. The Balaban J connectivity index is 1.61. The Kier molecular flexibility index (Phi) is 5.73. The first kappa shape index (κ1) is 22.5. The van der Waals surface area contributed by atoms with Gasteiger partial charge in [0.1, 0.15) is 11.9 Å². The lowest BCUT2D eigenvalue weighted by Crippen LogP contribution is -2.55. The van der Waals surface area contributed by atoms with Crippen LogP contribution in [0.1, 0.15) is 18.1 Å². The predicted molar refractivity (Wildman–Crippen MR) is 147 cm³/mol. The van der Waals surface area contributed by atoms with Gasteiger partial charge in [0.2, 0.25) is 5.72 Å². The highest BCUT2D eigenvalue weighted by Gasteiger charge is 2.62. The summed E-state index contributed by atoms with van der Waals surface area (Å²) < 4.78 is 8.99. The Morgan fingerprint density at radius 2 is 1.26 bits per heavy atom. The molecule has 0 amide bonds. The first-order valence-electron chi connectivity index (χ1n) is 11.4. The average Bonchev–Trinajstić information content (AvgIpc) is 3.38. The molecule has 2 unspecified atom stereocenters. The molecule has 2 atom stereocenters. The molecular formula is C28H22Br2N4O. The quantitative estimate of drug-likeness (QED) is 0.250. The smallest absolute Gasteiger partial charge is 0.233 e. The van der Waals surface area contributed by atoms with Crippen LogP contribution in [0.5, 0.6) is 0 Å². The van der Waals surface area contributed by atoms with E-state index in [4.69, 9.17) is 9.84 Å². The lowest BCUT2D eigenvalue weighted by atomic mass is 9.93. The van der Waals surface area contributed by atoms with E-state index >= 15 is 0 Å². The molecule has 35 heavy (non-hydrogen) atoms. The molecule has 2 aliphatic rings. The standard InChI is InChI=1S/C28H22Br2N4O/c1-20-32(25-16-12-23(29)13-17-25)34-28(35-20,22-10-6-3-7-11-22)27(21-8-4-2-5-9-21)31-33(34)26-18-14-24(30)15-19-26/h2-20H,1H3. The summed E-state index contributed by atoms with van der Waals surface area (Å²) in [4.78, 5) is 0. The Hall–Kier alpha value is -2.97. The van der Waals surface area contributed by atoms with Crippen LogP contribution in [0.15, 0.2) is 123 Å². The molecule has 2 aliphatic heterocycles. The Labute approximate surface area is 221 Å². The van der Waals surface area contributed by atoms with Gasteiger partial charge in [0.15, 0.2) is 0 Å². The van der Waals surface area contributed by atoms with Crippen LogP contribution < -0.4 is 10.1 Å². The minimum atomic E-state index is -0.956. The summed E-state index contributed by atoms with van der Waals surface area (Å²) in [5, 5.41) is 11.5. The fourth-order valence-electron chi connectivity index (χ4n) is 4.72. The van der Waals surface area contributed by atoms with Crippen LogP contribution in [0.3, 0.4) is 0 Å². The molecule has 0 bridgehead atoms. The van der Waals surface area contributed by atoms with E-state index in [9.17, 15) is 0 Å². The number of halogens is 2. The van der Waals surface area contributed by atoms with Gasteiger partial charge in [0, 0.05) is 20.1 Å². The van der Waals surface area contributed by atoms with Crippen LogP contribution in [-0.4, -0.2) is 17.1 Å². The van der Waals surface area contributed by atoms with Crippen molar-refractivity contribution < 1.29 is 4.74 Å². The van der Waals surface area contributed by atoms with Gasteiger partial charge in [-0.2, -0.15) is 10.2 Å². The highest BCUT2D eigenvalue weighted by atomic mass is 79.9. The number of rotatable bonds is 4. The number of ether oxygens (including phenoxy) is 1. The number of hydrogen-bond donors (Lipinski definition) is 0. The van der Waals surface area contributed by atoms with E-state index < -0.39 is 5.72 Å². The van der Waals surface area contributed by atoms with E-state index in [0.29, 0.717) is 0 Å². The van der Waals surface area contributed by atoms with Gasteiger partial charge < -0.3 is 4.74 Å². The largest absolute Gasteiger partial charge is 0.322 e. The van der Waals surface area contributed by atoms with Crippen LogP contribution in [0.4, 0.5) is 11.4 Å². The predicted octanol–water partition coefficient (Wildman–Crippen LogP) is 7.30. The molecule has 0 aliphatic carbocycles. The summed E-state index contributed by atoms with van der Waals surface area (Å²) in [6.45, 7) is 2.08. The van der Waals surface area contributed by atoms with Crippen molar-refractivity contribution >= 4 is 48.9 Å². The monoisotopic (exact) mass is 588 g/mol. The minimum absolute atomic E-state index is 0.261. The van der Waals surface area contributed by atoms with Gasteiger partial charge in [-0.1, -0.05) is 97.6 Å². The molecule has 1 saturated heterocycles. The maximum atomic E-state index is 6.96. The fraction of sp³-hybridized carbons (Fsp3) is 0.107. The second-order valence-corrected chi connectivity index (χ2v) is 10.2. The highest BCUT2D eigenvalue weighted by Crippen LogP contribution is 2.50. The molecular weight excluding hydrogens is 568 g/mol. The van der Waals surface area contributed by atoms with E-state index in [1.807, 2.05) is 65.8 Å². The van der Waals surface area contributed by atoms with Crippen molar-refractivity contribution in [2.45, 2.75) is 18.9 Å². The molecule has 4 aromatic rings. The minimum Gasteiger partial charge on any atom is -0.322 e. The zero-order valence-electron chi connectivity index (χ0n) is 18.9. The maximum Gasteiger partial charge on any atom is 0.233 e. The third-order valence-electron chi connectivity index (χ3n) is 6.23. The van der Waals surface area contributed by atoms with Gasteiger partial charge in [-0.15, -0.1) is 0 Å². The molecule has 4 aromatic carbocycles. The van der Waals surface area contributed by atoms with Gasteiger partial charge in [0.05, 0.1) is 11.4 Å². The SMILES string of the molecule is CC1OC2(c3ccccc3)C(c3ccccc3)=NN(c3ccc(Br)cc3)N2N1c1ccc(Br)cc1. The molecule has 2 heterocycles. The Morgan fingerprint density at radius 3 is 1.86 bits per heavy atom. The van der Waals surface area contributed by atoms with Crippen molar-refractivity contribution in [2.24, 2.45) is 5.10 Å². The Morgan fingerprint density at radius 1 is 0.714 bits per heavy atom. The molecule has 1 fully saturated rings. The number of fused-ring (bicyclic) bond motifs is 1. The van der Waals surface area contributed by atoms with Crippen LogP contribution in [-0.2, 0) is 10.5 Å². The average molecular weight is 590 g/mol. The van der Waals surface area contributed by atoms with Crippen molar-refractivity contribution in [2.75, 3.05) is 10.1 Å². The Bertz CT molecular complexity index is 1360. The summed E-state index contributed by atoms with van der Waals surface area (Å²) in [6, 6.07) is 37.0. The maximum absolute atomic E-state index is 6.96. The third kappa shape index (κ3) is 3.70. The summed E-state index contributed by atoms with van der Waals surface area (Å²) in [7, 11) is 0. The van der Waals surface area contributed by atoms with E-state index in [1.54, 1.807) is 0 Å². The van der Waals surface area contributed by atoms with Crippen molar-refractivity contribution in [1.29, 1.82) is 0 Å². The summed E-state index contributed by atoms with van der Waals surface area (Å²) >= 11 is 7.13. The van der Waals surface area contributed by atoms with Crippen LogP contribution in [0.25, 0.3) is 0 Å². The van der Waals surface area contributed by atoms with Gasteiger partial charge in [0.25, 0.3) is 0 Å². The van der Waals surface area contributed by atoms with E-state index in [0.717, 1.165) is 37.2 Å². The second kappa shape index (κ2) is 8.91. The number of benzene rings is 4. The lowest BCUT2D eigenvalue weighted by Gasteiger charge is -2.38. The molecule has 5 nitrogen and oxygen atoms in total. The van der Waals surface area contributed by atoms with Crippen molar-refractivity contribution in [3.05, 3.63) is 129 Å².